The molecule has 0 aliphatic carbocycles. The molecule has 0 radical (unpaired) electrons. The Hall–Kier alpha value is -1.38. The van der Waals surface area contributed by atoms with E-state index in [0.717, 1.165) is 5.56 Å². The van der Waals surface area contributed by atoms with Crippen LogP contribution in [0.5, 0.6) is 17.2 Å². The first-order valence-corrected chi connectivity index (χ1v) is 5.41. The van der Waals surface area contributed by atoms with Gasteiger partial charge in [-0.3, -0.25) is 4.99 Å². The van der Waals surface area contributed by atoms with E-state index in [9.17, 15) is 0 Å². The number of benzene rings is 1. The van der Waals surface area contributed by atoms with Gasteiger partial charge < -0.3 is 25.3 Å². The van der Waals surface area contributed by atoms with E-state index in [1.807, 2.05) is 12.1 Å². The quantitative estimate of drug-likeness (QED) is 0.458. The van der Waals surface area contributed by atoms with E-state index >= 15 is 0 Å². The highest BCUT2D eigenvalue weighted by Crippen LogP contribution is 2.38. The summed E-state index contributed by atoms with van der Waals surface area (Å²) in [7, 11) is 6.35. The minimum Gasteiger partial charge on any atom is -0.493 e. The van der Waals surface area contributed by atoms with Gasteiger partial charge in [-0.15, -0.1) is 24.0 Å². The van der Waals surface area contributed by atoms with Crippen LogP contribution in [0.1, 0.15) is 5.56 Å². The molecule has 0 amide bonds. The minimum absolute atomic E-state index is 0. The van der Waals surface area contributed by atoms with E-state index in [2.05, 4.69) is 10.3 Å². The Balaban J connectivity index is 0.00000324. The average Bonchev–Trinajstić information content (AvgIpc) is 2.43. The lowest BCUT2D eigenvalue weighted by atomic mass is 10.2. The number of ether oxygens (including phenoxy) is 3. The van der Waals surface area contributed by atoms with Gasteiger partial charge in [0.05, 0.1) is 21.3 Å². The highest BCUT2D eigenvalue weighted by Gasteiger charge is 2.12. The minimum atomic E-state index is 0. The monoisotopic (exact) mass is 381 g/mol. The first-order chi connectivity index (χ1) is 8.65. The summed E-state index contributed by atoms with van der Waals surface area (Å²) in [5.41, 5.74) is 6.52. The molecule has 108 valence electrons. The van der Waals surface area contributed by atoms with E-state index in [1.54, 1.807) is 28.4 Å². The highest BCUT2D eigenvalue weighted by molar-refractivity contribution is 14.0. The number of halogens is 1. The highest BCUT2D eigenvalue weighted by atomic mass is 127. The van der Waals surface area contributed by atoms with Crippen LogP contribution >= 0.6 is 24.0 Å². The Morgan fingerprint density at radius 3 is 2.05 bits per heavy atom. The molecule has 0 saturated carbocycles. The van der Waals surface area contributed by atoms with Crippen molar-refractivity contribution in [2.75, 3.05) is 28.4 Å². The van der Waals surface area contributed by atoms with Crippen molar-refractivity contribution >= 4 is 29.9 Å². The summed E-state index contributed by atoms with van der Waals surface area (Å²) in [4.78, 5) is 3.82. The van der Waals surface area contributed by atoms with Gasteiger partial charge in [-0.1, -0.05) is 0 Å². The molecule has 0 aliphatic heterocycles. The molecule has 7 heteroatoms. The van der Waals surface area contributed by atoms with Crippen molar-refractivity contribution in [2.24, 2.45) is 10.7 Å². The van der Waals surface area contributed by atoms with E-state index in [4.69, 9.17) is 19.9 Å². The van der Waals surface area contributed by atoms with Crippen LogP contribution in [0.4, 0.5) is 0 Å². The molecule has 3 N–H and O–H groups in total. The Labute approximate surface area is 130 Å². The molecular formula is C12H20IN3O3. The second kappa shape index (κ2) is 8.68. The lowest BCUT2D eigenvalue weighted by molar-refractivity contribution is 0.323. The van der Waals surface area contributed by atoms with E-state index in [-0.39, 0.29) is 24.0 Å². The molecule has 0 aliphatic rings. The molecule has 1 rings (SSSR count). The Morgan fingerprint density at radius 1 is 1.16 bits per heavy atom. The fraction of sp³-hybridized carbons (Fsp3) is 0.417. The van der Waals surface area contributed by atoms with Gasteiger partial charge in [-0.2, -0.15) is 0 Å². The number of guanidine groups is 1. The third-order valence-electron chi connectivity index (χ3n) is 2.44. The normalized spacial score (nSPS) is 10.4. The van der Waals surface area contributed by atoms with Gasteiger partial charge >= 0.3 is 0 Å². The third kappa shape index (κ3) is 4.66. The van der Waals surface area contributed by atoms with Crippen molar-refractivity contribution in [1.29, 1.82) is 0 Å². The largest absolute Gasteiger partial charge is 0.493 e. The Kier molecular flexibility index (Phi) is 8.05. The summed E-state index contributed by atoms with van der Waals surface area (Å²) in [6, 6.07) is 3.72. The molecule has 0 heterocycles. The van der Waals surface area contributed by atoms with Gasteiger partial charge in [-0.05, 0) is 17.7 Å². The maximum Gasteiger partial charge on any atom is 0.203 e. The summed E-state index contributed by atoms with van der Waals surface area (Å²) >= 11 is 0. The summed E-state index contributed by atoms with van der Waals surface area (Å²) in [5.74, 6) is 2.17. The van der Waals surface area contributed by atoms with E-state index in [1.165, 1.54) is 0 Å². The zero-order chi connectivity index (χ0) is 13.5. The van der Waals surface area contributed by atoms with Crippen LogP contribution in [0.2, 0.25) is 0 Å². The lowest BCUT2D eigenvalue weighted by Crippen LogP contribution is -2.30. The first kappa shape index (κ1) is 17.6. The van der Waals surface area contributed by atoms with Crippen molar-refractivity contribution in [2.45, 2.75) is 6.54 Å². The number of hydrogen-bond donors (Lipinski definition) is 2. The average molecular weight is 381 g/mol. The van der Waals surface area contributed by atoms with Crippen molar-refractivity contribution in [3.05, 3.63) is 17.7 Å². The van der Waals surface area contributed by atoms with E-state index < -0.39 is 0 Å². The Bertz CT molecular complexity index is 413. The van der Waals surface area contributed by atoms with Crippen LogP contribution in [-0.4, -0.2) is 34.3 Å². The van der Waals surface area contributed by atoms with Gasteiger partial charge in [0.1, 0.15) is 0 Å². The van der Waals surface area contributed by atoms with E-state index in [0.29, 0.717) is 29.8 Å². The summed E-state index contributed by atoms with van der Waals surface area (Å²) in [5, 5.41) is 2.96. The molecule has 19 heavy (non-hydrogen) atoms. The molecule has 0 bridgehead atoms. The van der Waals surface area contributed by atoms with Gasteiger partial charge in [0, 0.05) is 13.6 Å². The van der Waals surface area contributed by atoms with Crippen LogP contribution < -0.4 is 25.3 Å². The predicted molar refractivity (Wildman–Crippen MR) is 85.9 cm³/mol. The summed E-state index contributed by atoms with van der Waals surface area (Å²) < 4.78 is 15.8. The van der Waals surface area contributed by atoms with Crippen molar-refractivity contribution in [3.63, 3.8) is 0 Å². The Morgan fingerprint density at radius 2 is 1.68 bits per heavy atom. The molecule has 6 nitrogen and oxygen atoms in total. The second-order valence-electron chi connectivity index (χ2n) is 3.50. The fourth-order valence-corrected chi connectivity index (χ4v) is 1.51. The number of nitrogens with two attached hydrogens (primary N) is 1. The zero-order valence-corrected chi connectivity index (χ0v) is 13.8. The van der Waals surface area contributed by atoms with Crippen LogP contribution in [-0.2, 0) is 6.54 Å². The summed E-state index contributed by atoms with van der Waals surface area (Å²) in [6.07, 6.45) is 0. The number of rotatable bonds is 5. The molecule has 0 saturated heterocycles. The fourth-order valence-electron chi connectivity index (χ4n) is 1.51. The maximum absolute atomic E-state index is 5.57. The van der Waals surface area contributed by atoms with Gasteiger partial charge in [0.25, 0.3) is 0 Å². The van der Waals surface area contributed by atoms with Crippen LogP contribution in [0, 0.1) is 0 Å². The molecule has 0 unspecified atom stereocenters. The zero-order valence-electron chi connectivity index (χ0n) is 11.5. The third-order valence-corrected chi connectivity index (χ3v) is 2.44. The molecule has 1 aromatic rings. The topological polar surface area (TPSA) is 78.1 Å². The van der Waals surface area contributed by atoms with Crippen molar-refractivity contribution in [1.82, 2.24) is 5.32 Å². The molecule has 0 fully saturated rings. The standard InChI is InChI=1S/C12H19N3O3.HI/c1-14-12(13)15-7-8-5-9(16-2)11(18-4)10(6-8)17-3;/h5-6H,7H2,1-4H3,(H3,13,14,15);1H. The number of aliphatic imine (C=N–C) groups is 1. The van der Waals surface area contributed by atoms with Gasteiger partial charge in [0.2, 0.25) is 5.75 Å². The predicted octanol–water partition coefficient (Wildman–Crippen LogP) is 1.36. The molecule has 0 spiro atoms. The number of nitrogens with one attached hydrogen (secondary N) is 1. The smallest absolute Gasteiger partial charge is 0.203 e. The number of methoxy groups -OCH3 is 3. The summed E-state index contributed by atoms with van der Waals surface area (Å²) in [6.45, 7) is 0.528. The molecular weight excluding hydrogens is 361 g/mol. The van der Waals surface area contributed by atoms with Crippen LogP contribution in [0.15, 0.2) is 17.1 Å². The number of nitrogens with zero attached hydrogens (tertiary/aromatic N) is 1. The number of hydrogen-bond acceptors (Lipinski definition) is 4. The van der Waals surface area contributed by atoms with Crippen molar-refractivity contribution < 1.29 is 14.2 Å². The van der Waals surface area contributed by atoms with Crippen LogP contribution in [0.3, 0.4) is 0 Å². The second-order valence-corrected chi connectivity index (χ2v) is 3.50. The van der Waals surface area contributed by atoms with Crippen molar-refractivity contribution in [3.8, 4) is 17.2 Å². The van der Waals surface area contributed by atoms with Crippen LogP contribution in [0.25, 0.3) is 0 Å². The molecule has 0 atom stereocenters. The first-order valence-electron chi connectivity index (χ1n) is 5.41. The SMILES string of the molecule is CN=C(N)NCc1cc(OC)c(OC)c(OC)c1.I. The molecule has 1 aromatic carbocycles. The maximum atomic E-state index is 5.57. The molecule has 0 aromatic heterocycles. The van der Waals surface area contributed by atoms with Gasteiger partial charge in [0.15, 0.2) is 17.5 Å². The lowest BCUT2D eigenvalue weighted by Gasteiger charge is -2.14. The van der Waals surface area contributed by atoms with Gasteiger partial charge in [-0.25, -0.2) is 0 Å².